The Bertz CT molecular complexity index is 399. The monoisotopic (exact) mass is 271 g/mol. The van der Waals surface area contributed by atoms with Gasteiger partial charge in [-0.1, -0.05) is 30.3 Å². The SMILES string of the molecule is CSc1nc(Cl)cc(N2CC(C)CCC2C)n1. The summed E-state index contributed by atoms with van der Waals surface area (Å²) in [5.74, 6) is 1.69. The lowest BCUT2D eigenvalue weighted by molar-refractivity contribution is 0.387. The Balaban J connectivity index is 2.28. The summed E-state index contributed by atoms with van der Waals surface area (Å²) in [5, 5.41) is 1.28. The highest BCUT2D eigenvalue weighted by Gasteiger charge is 2.24. The van der Waals surface area contributed by atoms with Crippen molar-refractivity contribution < 1.29 is 0 Å². The maximum atomic E-state index is 6.04. The molecule has 1 aromatic rings. The lowest BCUT2D eigenvalue weighted by atomic mass is 9.95. The molecule has 0 spiro atoms. The zero-order valence-electron chi connectivity index (χ0n) is 10.5. The van der Waals surface area contributed by atoms with Crippen LogP contribution in [0.3, 0.4) is 0 Å². The Morgan fingerprint density at radius 2 is 2.12 bits per heavy atom. The van der Waals surface area contributed by atoms with Crippen LogP contribution in [0.1, 0.15) is 26.7 Å². The van der Waals surface area contributed by atoms with Gasteiger partial charge >= 0.3 is 0 Å². The lowest BCUT2D eigenvalue weighted by Crippen LogP contribution is -2.41. The van der Waals surface area contributed by atoms with Gasteiger partial charge in [0.25, 0.3) is 0 Å². The summed E-state index contributed by atoms with van der Waals surface area (Å²) in [6.45, 7) is 5.60. The molecule has 1 aliphatic heterocycles. The molecule has 0 amide bonds. The second kappa shape index (κ2) is 5.44. The first-order chi connectivity index (χ1) is 8.10. The molecule has 17 heavy (non-hydrogen) atoms. The molecule has 0 aromatic carbocycles. The molecule has 1 aromatic heterocycles. The van der Waals surface area contributed by atoms with Gasteiger partial charge in [-0.25, -0.2) is 9.97 Å². The van der Waals surface area contributed by atoms with Crippen LogP contribution >= 0.6 is 23.4 Å². The predicted octanol–water partition coefficient (Wildman–Crippen LogP) is 3.48. The van der Waals surface area contributed by atoms with Crippen LogP contribution in [-0.2, 0) is 0 Å². The van der Waals surface area contributed by atoms with Crippen molar-refractivity contribution >= 4 is 29.2 Å². The zero-order chi connectivity index (χ0) is 12.4. The highest BCUT2D eigenvalue weighted by Crippen LogP contribution is 2.28. The van der Waals surface area contributed by atoms with Crippen LogP contribution in [0.2, 0.25) is 5.15 Å². The molecule has 3 nitrogen and oxygen atoms in total. The van der Waals surface area contributed by atoms with Gasteiger partial charge in [-0.3, -0.25) is 0 Å². The average Bonchev–Trinajstić information content (AvgIpc) is 2.31. The molecule has 2 heterocycles. The number of piperidine rings is 1. The molecule has 0 bridgehead atoms. The van der Waals surface area contributed by atoms with E-state index in [4.69, 9.17) is 11.6 Å². The first kappa shape index (κ1) is 13.0. The minimum absolute atomic E-state index is 0.532. The van der Waals surface area contributed by atoms with E-state index < -0.39 is 0 Å². The van der Waals surface area contributed by atoms with E-state index in [0.717, 1.165) is 23.4 Å². The zero-order valence-corrected chi connectivity index (χ0v) is 12.1. The smallest absolute Gasteiger partial charge is 0.190 e. The largest absolute Gasteiger partial charge is 0.353 e. The fraction of sp³-hybridized carbons (Fsp3) is 0.667. The first-order valence-electron chi connectivity index (χ1n) is 5.95. The van der Waals surface area contributed by atoms with E-state index in [1.807, 2.05) is 12.3 Å². The molecule has 1 saturated heterocycles. The van der Waals surface area contributed by atoms with Gasteiger partial charge in [0.05, 0.1) is 0 Å². The van der Waals surface area contributed by atoms with E-state index in [2.05, 4.69) is 28.7 Å². The van der Waals surface area contributed by atoms with Crippen molar-refractivity contribution in [3.05, 3.63) is 11.2 Å². The van der Waals surface area contributed by atoms with Gasteiger partial charge in [-0.2, -0.15) is 0 Å². The number of aromatic nitrogens is 2. The van der Waals surface area contributed by atoms with E-state index in [0.29, 0.717) is 11.2 Å². The van der Waals surface area contributed by atoms with Crippen molar-refractivity contribution in [2.45, 2.75) is 37.9 Å². The van der Waals surface area contributed by atoms with Crippen molar-refractivity contribution in [3.63, 3.8) is 0 Å². The van der Waals surface area contributed by atoms with E-state index in [1.54, 1.807) is 0 Å². The fourth-order valence-corrected chi connectivity index (χ4v) is 2.83. The topological polar surface area (TPSA) is 29.0 Å². The van der Waals surface area contributed by atoms with Gasteiger partial charge in [0.2, 0.25) is 0 Å². The summed E-state index contributed by atoms with van der Waals surface area (Å²) in [7, 11) is 0. The van der Waals surface area contributed by atoms with Crippen molar-refractivity contribution in [2.75, 3.05) is 17.7 Å². The normalized spacial score (nSPS) is 25.1. The van der Waals surface area contributed by atoms with Gasteiger partial charge in [-0.05, 0) is 31.9 Å². The summed E-state index contributed by atoms with van der Waals surface area (Å²) in [5.41, 5.74) is 0. The number of rotatable bonds is 2. The predicted molar refractivity (Wildman–Crippen MR) is 74.0 cm³/mol. The maximum Gasteiger partial charge on any atom is 0.190 e. The third-order valence-corrected chi connectivity index (χ3v) is 4.00. The van der Waals surface area contributed by atoms with Crippen molar-refractivity contribution in [1.29, 1.82) is 0 Å². The molecule has 0 aliphatic carbocycles. The molecule has 94 valence electrons. The van der Waals surface area contributed by atoms with Crippen LogP contribution in [0.5, 0.6) is 0 Å². The lowest BCUT2D eigenvalue weighted by Gasteiger charge is -2.37. The maximum absolute atomic E-state index is 6.04. The van der Waals surface area contributed by atoms with Gasteiger partial charge < -0.3 is 4.90 Å². The molecule has 2 atom stereocenters. The number of thioether (sulfide) groups is 1. The summed E-state index contributed by atoms with van der Waals surface area (Å²) in [4.78, 5) is 11.1. The Labute approximate surface area is 112 Å². The Hall–Kier alpha value is -0.480. The van der Waals surface area contributed by atoms with Crippen LogP contribution in [0.15, 0.2) is 11.2 Å². The fourth-order valence-electron chi connectivity index (χ4n) is 2.23. The van der Waals surface area contributed by atoms with E-state index in [1.165, 1.54) is 24.6 Å². The van der Waals surface area contributed by atoms with Crippen LogP contribution in [0.4, 0.5) is 5.82 Å². The first-order valence-corrected chi connectivity index (χ1v) is 7.55. The molecule has 5 heteroatoms. The van der Waals surface area contributed by atoms with E-state index in [-0.39, 0.29) is 0 Å². The molecule has 0 radical (unpaired) electrons. The number of anilines is 1. The van der Waals surface area contributed by atoms with Crippen LogP contribution in [0, 0.1) is 5.92 Å². The molecule has 2 unspecified atom stereocenters. The van der Waals surface area contributed by atoms with E-state index in [9.17, 15) is 0 Å². The number of nitrogens with zero attached hydrogens (tertiary/aromatic N) is 3. The minimum atomic E-state index is 0.532. The summed E-state index contributed by atoms with van der Waals surface area (Å²) < 4.78 is 0. The third kappa shape index (κ3) is 3.05. The van der Waals surface area contributed by atoms with Gasteiger partial charge in [0.1, 0.15) is 11.0 Å². The molecule has 0 saturated carbocycles. The second-order valence-corrected chi connectivity index (χ2v) is 5.88. The molecule has 0 N–H and O–H groups in total. The summed E-state index contributed by atoms with van der Waals surface area (Å²) >= 11 is 7.57. The number of hydrogen-bond acceptors (Lipinski definition) is 4. The Kier molecular flexibility index (Phi) is 4.15. The standard InChI is InChI=1S/C12H18ClN3S/c1-8-4-5-9(2)16(7-8)11-6-10(13)14-12(15-11)17-3/h6,8-9H,4-5,7H2,1-3H3. The number of halogens is 1. The third-order valence-electron chi connectivity index (χ3n) is 3.26. The Morgan fingerprint density at radius 1 is 1.35 bits per heavy atom. The van der Waals surface area contributed by atoms with Crippen LogP contribution < -0.4 is 4.90 Å². The molecule has 2 rings (SSSR count). The van der Waals surface area contributed by atoms with Crippen molar-refractivity contribution in [3.8, 4) is 0 Å². The van der Waals surface area contributed by atoms with Crippen molar-refractivity contribution in [1.82, 2.24) is 9.97 Å². The minimum Gasteiger partial charge on any atom is -0.353 e. The van der Waals surface area contributed by atoms with Crippen molar-refractivity contribution in [2.24, 2.45) is 5.92 Å². The molecule has 1 fully saturated rings. The van der Waals surface area contributed by atoms with Crippen LogP contribution in [-0.4, -0.2) is 28.8 Å². The molecular weight excluding hydrogens is 254 g/mol. The van der Waals surface area contributed by atoms with Gasteiger partial charge in [0.15, 0.2) is 5.16 Å². The second-order valence-electron chi connectivity index (χ2n) is 4.72. The van der Waals surface area contributed by atoms with Gasteiger partial charge in [0, 0.05) is 18.7 Å². The quantitative estimate of drug-likeness (QED) is 0.468. The Morgan fingerprint density at radius 3 is 2.82 bits per heavy atom. The van der Waals surface area contributed by atoms with E-state index >= 15 is 0 Å². The highest BCUT2D eigenvalue weighted by atomic mass is 35.5. The van der Waals surface area contributed by atoms with Crippen LogP contribution in [0.25, 0.3) is 0 Å². The number of hydrogen-bond donors (Lipinski definition) is 0. The highest BCUT2D eigenvalue weighted by molar-refractivity contribution is 7.98. The summed E-state index contributed by atoms with van der Waals surface area (Å²) in [6.07, 6.45) is 4.49. The average molecular weight is 272 g/mol. The molecule has 1 aliphatic rings. The summed E-state index contributed by atoms with van der Waals surface area (Å²) in [6, 6.07) is 2.40. The molecular formula is C12H18ClN3S. The van der Waals surface area contributed by atoms with Gasteiger partial charge in [-0.15, -0.1) is 0 Å².